The third-order valence-corrected chi connectivity index (χ3v) is 4.75. The second kappa shape index (κ2) is 9.57. The maximum Gasteiger partial charge on any atom is 0.319 e. The normalized spacial score (nSPS) is 15.6. The number of nitrogens with zero attached hydrogens (tertiary/aromatic N) is 2. The summed E-state index contributed by atoms with van der Waals surface area (Å²) in [5.74, 6) is 0. The van der Waals surface area contributed by atoms with Crippen molar-refractivity contribution >= 4 is 23.3 Å². The Morgan fingerprint density at radius 3 is 2.42 bits per heavy atom. The van der Waals surface area contributed by atoms with E-state index >= 15 is 0 Å². The van der Waals surface area contributed by atoms with Gasteiger partial charge in [0.1, 0.15) is 0 Å². The standard InChI is InChI=1S/C20H25ClN4O/c21-18-7-4-8-19(15-18)23-20(26)22-9-10-24-11-13-25(14-12-24)16-17-5-2-1-3-6-17/h1-8,15H,9-14,16H2,(H2,22,23,26). The van der Waals surface area contributed by atoms with Crippen molar-refractivity contribution < 1.29 is 4.79 Å². The van der Waals surface area contributed by atoms with E-state index in [4.69, 9.17) is 11.6 Å². The zero-order valence-corrected chi connectivity index (χ0v) is 15.6. The molecule has 2 aromatic carbocycles. The molecular formula is C20H25ClN4O. The number of piperazine rings is 1. The van der Waals surface area contributed by atoms with E-state index in [0.717, 1.165) is 39.3 Å². The largest absolute Gasteiger partial charge is 0.337 e. The predicted octanol–water partition coefficient (Wildman–Crippen LogP) is 3.28. The van der Waals surface area contributed by atoms with Gasteiger partial charge < -0.3 is 10.6 Å². The quantitative estimate of drug-likeness (QED) is 0.818. The molecule has 1 heterocycles. The number of nitrogens with one attached hydrogen (secondary N) is 2. The SMILES string of the molecule is O=C(NCCN1CCN(Cc2ccccc2)CC1)Nc1cccc(Cl)c1. The Balaban J connectivity index is 1.32. The molecule has 138 valence electrons. The Morgan fingerprint density at radius 2 is 1.69 bits per heavy atom. The lowest BCUT2D eigenvalue weighted by molar-refractivity contribution is 0.128. The zero-order chi connectivity index (χ0) is 18.2. The molecule has 1 fully saturated rings. The van der Waals surface area contributed by atoms with Gasteiger partial charge in [-0.25, -0.2) is 4.79 Å². The van der Waals surface area contributed by atoms with E-state index < -0.39 is 0 Å². The molecular weight excluding hydrogens is 348 g/mol. The molecule has 6 heteroatoms. The minimum atomic E-state index is -0.199. The fourth-order valence-electron chi connectivity index (χ4n) is 3.08. The van der Waals surface area contributed by atoms with Gasteiger partial charge in [0, 0.05) is 56.5 Å². The molecule has 1 aliphatic heterocycles. The summed E-state index contributed by atoms with van der Waals surface area (Å²) in [6.45, 7) is 6.68. The number of carbonyl (C=O) groups is 1. The lowest BCUT2D eigenvalue weighted by Gasteiger charge is -2.34. The van der Waals surface area contributed by atoms with Gasteiger partial charge in [0.15, 0.2) is 0 Å². The molecule has 0 spiro atoms. The van der Waals surface area contributed by atoms with Crippen molar-refractivity contribution in [3.8, 4) is 0 Å². The molecule has 1 aliphatic rings. The number of benzene rings is 2. The summed E-state index contributed by atoms with van der Waals surface area (Å²) in [7, 11) is 0. The van der Waals surface area contributed by atoms with Gasteiger partial charge in [-0.15, -0.1) is 0 Å². The average molecular weight is 373 g/mol. The van der Waals surface area contributed by atoms with Crippen LogP contribution in [0.5, 0.6) is 0 Å². The van der Waals surface area contributed by atoms with Crippen LogP contribution in [0.3, 0.4) is 0 Å². The number of amides is 2. The summed E-state index contributed by atoms with van der Waals surface area (Å²) >= 11 is 5.91. The zero-order valence-electron chi connectivity index (χ0n) is 14.8. The van der Waals surface area contributed by atoms with Crippen molar-refractivity contribution in [1.29, 1.82) is 0 Å². The van der Waals surface area contributed by atoms with E-state index in [-0.39, 0.29) is 6.03 Å². The van der Waals surface area contributed by atoms with E-state index in [1.54, 1.807) is 12.1 Å². The second-order valence-corrected chi connectivity index (χ2v) is 6.93. The lowest BCUT2D eigenvalue weighted by atomic mass is 10.2. The molecule has 3 rings (SSSR count). The number of halogens is 1. The summed E-state index contributed by atoms with van der Waals surface area (Å²) in [5.41, 5.74) is 2.06. The monoisotopic (exact) mass is 372 g/mol. The molecule has 26 heavy (non-hydrogen) atoms. The van der Waals surface area contributed by atoms with Gasteiger partial charge in [0.25, 0.3) is 0 Å². The van der Waals surface area contributed by atoms with Gasteiger partial charge in [0.2, 0.25) is 0 Å². The van der Waals surface area contributed by atoms with Crippen molar-refractivity contribution in [1.82, 2.24) is 15.1 Å². The van der Waals surface area contributed by atoms with Crippen LogP contribution in [-0.4, -0.2) is 55.1 Å². The Labute approximate surface area is 159 Å². The van der Waals surface area contributed by atoms with Crippen molar-refractivity contribution in [2.45, 2.75) is 6.54 Å². The molecule has 0 atom stereocenters. The Kier molecular flexibility index (Phi) is 6.89. The first-order valence-electron chi connectivity index (χ1n) is 8.98. The topological polar surface area (TPSA) is 47.6 Å². The number of carbonyl (C=O) groups excluding carboxylic acids is 1. The van der Waals surface area contributed by atoms with Crippen LogP contribution in [0.1, 0.15) is 5.56 Å². The first-order valence-corrected chi connectivity index (χ1v) is 9.36. The maximum absolute atomic E-state index is 11.9. The van der Waals surface area contributed by atoms with Gasteiger partial charge >= 0.3 is 6.03 Å². The van der Waals surface area contributed by atoms with Crippen molar-refractivity contribution in [2.75, 3.05) is 44.6 Å². The van der Waals surface area contributed by atoms with Crippen LogP contribution >= 0.6 is 11.6 Å². The molecule has 2 aromatic rings. The van der Waals surface area contributed by atoms with E-state index in [2.05, 4.69) is 50.8 Å². The summed E-state index contributed by atoms with van der Waals surface area (Å²) in [4.78, 5) is 16.8. The molecule has 2 N–H and O–H groups in total. The molecule has 0 aromatic heterocycles. The summed E-state index contributed by atoms with van der Waals surface area (Å²) in [5, 5.41) is 6.30. The van der Waals surface area contributed by atoms with Crippen LogP contribution in [0, 0.1) is 0 Å². The highest BCUT2D eigenvalue weighted by Crippen LogP contribution is 2.14. The molecule has 5 nitrogen and oxygen atoms in total. The van der Waals surface area contributed by atoms with Crippen LogP contribution < -0.4 is 10.6 Å². The van der Waals surface area contributed by atoms with Gasteiger partial charge in [-0.2, -0.15) is 0 Å². The third-order valence-electron chi connectivity index (χ3n) is 4.51. The van der Waals surface area contributed by atoms with Gasteiger partial charge in [-0.1, -0.05) is 48.0 Å². The van der Waals surface area contributed by atoms with Crippen molar-refractivity contribution in [3.63, 3.8) is 0 Å². The first kappa shape index (κ1) is 18.7. The van der Waals surface area contributed by atoms with E-state index in [1.807, 2.05) is 12.1 Å². The fraction of sp³-hybridized carbons (Fsp3) is 0.350. The highest BCUT2D eigenvalue weighted by molar-refractivity contribution is 6.30. The smallest absolute Gasteiger partial charge is 0.319 e. The van der Waals surface area contributed by atoms with E-state index in [9.17, 15) is 4.79 Å². The van der Waals surface area contributed by atoms with Gasteiger partial charge in [-0.05, 0) is 23.8 Å². The minimum absolute atomic E-state index is 0.199. The van der Waals surface area contributed by atoms with E-state index in [1.165, 1.54) is 5.56 Å². The molecule has 0 bridgehead atoms. The number of anilines is 1. The first-order chi connectivity index (χ1) is 12.7. The van der Waals surface area contributed by atoms with Gasteiger partial charge in [0.05, 0.1) is 0 Å². The third kappa shape index (κ3) is 6.02. The molecule has 1 saturated heterocycles. The predicted molar refractivity (Wildman–Crippen MR) is 107 cm³/mol. The van der Waals surface area contributed by atoms with Crippen LogP contribution in [0.25, 0.3) is 0 Å². The van der Waals surface area contributed by atoms with Crippen LogP contribution in [0.4, 0.5) is 10.5 Å². The second-order valence-electron chi connectivity index (χ2n) is 6.49. The van der Waals surface area contributed by atoms with Crippen molar-refractivity contribution in [3.05, 3.63) is 65.2 Å². The highest BCUT2D eigenvalue weighted by atomic mass is 35.5. The molecule has 2 amide bonds. The lowest BCUT2D eigenvalue weighted by Crippen LogP contribution is -2.48. The molecule has 0 saturated carbocycles. The Morgan fingerprint density at radius 1 is 0.962 bits per heavy atom. The van der Waals surface area contributed by atoms with Crippen LogP contribution in [0.15, 0.2) is 54.6 Å². The minimum Gasteiger partial charge on any atom is -0.337 e. The average Bonchev–Trinajstić information content (AvgIpc) is 2.64. The van der Waals surface area contributed by atoms with Crippen LogP contribution in [-0.2, 0) is 6.54 Å². The number of urea groups is 1. The van der Waals surface area contributed by atoms with E-state index in [0.29, 0.717) is 17.3 Å². The summed E-state index contributed by atoms with van der Waals surface area (Å²) < 4.78 is 0. The Hall–Kier alpha value is -2.08. The number of rotatable bonds is 6. The molecule has 0 radical (unpaired) electrons. The van der Waals surface area contributed by atoms with Crippen LogP contribution in [0.2, 0.25) is 5.02 Å². The fourth-order valence-corrected chi connectivity index (χ4v) is 3.27. The summed E-state index contributed by atoms with van der Waals surface area (Å²) in [6.07, 6.45) is 0. The Bertz CT molecular complexity index is 702. The number of hydrogen-bond acceptors (Lipinski definition) is 3. The number of hydrogen-bond donors (Lipinski definition) is 2. The van der Waals surface area contributed by atoms with Crippen molar-refractivity contribution in [2.24, 2.45) is 0 Å². The molecule has 0 aliphatic carbocycles. The summed E-state index contributed by atoms with van der Waals surface area (Å²) in [6, 6.07) is 17.5. The molecule has 0 unspecified atom stereocenters. The highest BCUT2D eigenvalue weighted by Gasteiger charge is 2.16. The van der Waals surface area contributed by atoms with Gasteiger partial charge in [-0.3, -0.25) is 9.80 Å². The maximum atomic E-state index is 11.9.